The molecule has 0 fully saturated rings. The number of carbonyl (C=O) groups is 1. The van der Waals surface area contributed by atoms with Crippen LogP contribution < -0.4 is 9.46 Å². The van der Waals surface area contributed by atoms with Crippen molar-refractivity contribution in [3.05, 3.63) is 59.8 Å². The number of para-hydroxylation sites is 1. The number of benzene rings is 2. The van der Waals surface area contributed by atoms with Gasteiger partial charge in [-0.15, -0.1) is 5.92 Å². The van der Waals surface area contributed by atoms with E-state index in [0.717, 1.165) is 22.0 Å². The van der Waals surface area contributed by atoms with Gasteiger partial charge in [-0.3, -0.25) is 4.79 Å². The largest absolute Gasteiger partial charge is 0.481 e. The molecule has 0 aliphatic heterocycles. The average molecular weight is 426 g/mol. The summed E-state index contributed by atoms with van der Waals surface area (Å²) in [5.74, 6) is 4.67. The number of carboxylic acid groups (broad SMARTS) is 1. The molecule has 3 rings (SSSR count). The SMILES string of the molecule is CC#CCOc1ccc(S(=O)(=O)NC(Cc2c[nH]c3c(C)cccc23)C(=O)O)cc1. The number of H-pyrrole nitrogens is 1. The summed E-state index contributed by atoms with van der Waals surface area (Å²) in [6.45, 7) is 3.84. The molecule has 3 aromatic rings. The number of hydrogen-bond donors (Lipinski definition) is 3. The Kier molecular flexibility index (Phi) is 6.45. The van der Waals surface area contributed by atoms with Gasteiger partial charge in [0.15, 0.2) is 0 Å². The number of ether oxygens (including phenoxy) is 1. The van der Waals surface area contributed by atoms with Crippen LogP contribution in [0, 0.1) is 18.8 Å². The molecule has 0 amide bonds. The summed E-state index contributed by atoms with van der Waals surface area (Å²) in [6.07, 6.45) is 1.72. The van der Waals surface area contributed by atoms with Gasteiger partial charge in [0.1, 0.15) is 18.4 Å². The third-order valence-electron chi connectivity index (χ3n) is 4.65. The monoisotopic (exact) mass is 426 g/mol. The molecule has 0 spiro atoms. The van der Waals surface area contributed by atoms with E-state index >= 15 is 0 Å². The zero-order valence-corrected chi connectivity index (χ0v) is 17.4. The fraction of sp³-hybridized carbons (Fsp3) is 0.227. The van der Waals surface area contributed by atoms with Crippen molar-refractivity contribution in [1.29, 1.82) is 0 Å². The van der Waals surface area contributed by atoms with E-state index in [0.29, 0.717) is 5.75 Å². The summed E-state index contributed by atoms with van der Waals surface area (Å²) in [5, 5.41) is 10.5. The molecule has 30 heavy (non-hydrogen) atoms. The molecule has 1 aromatic heterocycles. The summed E-state index contributed by atoms with van der Waals surface area (Å²) in [5.41, 5.74) is 2.66. The molecular formula is C22H22N2O5S. The number of aromatic amines is 1. The normalized spacial score (nSPS) is 12.2. The molecule has 7 nitrogen and oxygen atoms in total. The van der Waals surface area contributed by atoms with Crippen LogP contribution in [0.2, 0.25) is 0 Å². The van der Waals surface area contributed by atoms with Crippen molar-refractivity contribution >= 4 is 26.9 Å². The van der Waals surface area contributed by atoms with E-state index in [1.807, 2.05) is 25.1 Å². The van der Waals surface area contributed by atoms with Crippen molar-refractivity contribution < 1.29 is 23.1 Å². The molecule has 3 N–H and O–H groups in total. The lowest BCUT2D eigenvalue weighted by Crippen LogP contribution is -2.42. The summed E-state index contributed by atoms with van der Waals surface area (Å²) in [4.78, 5) is 14.9. The standard InChI is InChI=1S/C22H22N2O5S/c1-3-4-12-29-17-8-10-18(11-9-17)30(27,28)24-20(22(25)26)13-16-14-23-21-15(2)6-5-7-19(16)21/h5-11,14,20,23-24H,12-13H2,1-2H3,(H,25,26). The zero-order chi connectivity index (χ0) is 21.7. The zero-order valence-electron chi connectivity index (χ0n) is 16.6. The van der Waals surface area contributed by atoms with E-state index in [1.54, 1.807) is 13.1 Å². The Hall–Kier alpha value is -3.28. The Morgan fingerprint density at radius 2 is 1.97 bits per heavy atom. The van der Waals surface area contributed by atoms with Crippen molar-refractivity contribution in [2.75, 3.05) is 6.61 Å². The second-order valence-electron chi connectivity index (χ2n) is 6.71. The molecule has 8 heteroatoms. The second-order valence-corrected chi connectivity index (χ2v) is 8.43. The van der Waals surface area contributed by atoms with E-state index in [4.69, 9.17) is 4.74 Å². The van der Waals surface area contributed by atoms with Gasteiger partial charge in [-0.1, -0.05) is 24.1 Å². The first kappa shape index (κ1) is 21.4. The van der Waals surface area contributed by atoms with Gasteiger partial charge in [0, 0.05) is 23.5 Å². The van der Waals surface area contributed by atoms with Crippen molar-refractivity contribution in [1.82, 2.24) is 9.71 Å². The number of hydrogen-bond acceptors (Lipinski definition) is 4. The first-order chi connectivity index (χ1) is 14.3. The maximum atomic E-state index is 12.7. The third-order valence-corrected chi connectivity index (χ3v) is 6.14. The first-order valence-electron chi connectivity index (χ1n) is 9.25. The minimum atomic E-state index is -4.04. The van der Waals surface area contributed by atoms with Gasteiger partial charge in [-0.2, -0.15) is 4.72 Å². The second kappa shape index (κ2) is 9.03. The summed E-state index contributed by atoms with van der Waals surface area (Å²) in [7, 11) is -4.04. The van der Waals surface area contributed by atoms with Crippen LogP contribution in [0.25, 0.3) is 10.9 Å². The van der Waals surface area contributed by atoms with E-state index in [2.05, 4.69) is 21.5 Å². The Labute approximate surface area is 175 Å². The minimum Gasteiger partial charge on any atom is -0.481 e. The van der Waals surface area contributed by atoms with Gasteiger partial charge in [-0.05, 0) is 49.2 Å². The van der Waals surface area contributed by atoms with Gasteiger partial charge in [0.05, 0.1) is 4.90 Å². The molecule has 1 heterocycles. The van der Waals surface area contributed by atoms with Crippen LogP contribution >= 0.6 is 0 Å². The molecule has 1 atom stereocenters. The number of aromatic nitrogens is 1. The van der Waals surface area contributed by atoms with Gasteiger partial charge < -0.3 is 14.8 Å². The van der Waals surface area contributed by atoms with Crippen LogP contribution in [0.15, 0.2) is 53.6 Å². The van der Waals surface area contributed by atoms with Crippen LogP contribution in [0.4, 0.5) is 0 Å². The lowest BCUT2D eigenvalue weighted by atomic mass is 10.0. The average Bonchev–Trinajstić information content (AvgIpc) is 3.12. The molecule has 156 valence electrons. The highest BCUT2D eigenvalue weighted by molar-refractivity contribution is 7.89. The van der Waals surface area contributed by atoms with Crippen LogP contribution in [-0.4, -0.2) is 37.1 Å². The lowest BCUT2D eigenvalue weighted by Gasteiger charge is -2.15. The smallest absolute Gasteiger partial charge is 0.322 e. The van der Waals surface area contributed by atoms with Gasteiger partial charge in [-0.25, -0.2) is 8.42 Å². The molecule has 0 saturated heterocycles. The fourth-order valence-corrected chi connectivity index (χ4v) is 4.28. The van der Waals surface area contributed by atoms with Crippen LogP contribution in [0.3, 0.4) is 0 Å². The van der Waals surface area contributed by atoms with E-state index < -0.39 is 22.0 Å². The summed E-state index contributed by atoms with van der Waals surface area (Å²) in [6, 6.07) is 10.1. The number of rotatable bonds is 8. The predicted octanol–water partition coefficient (Wildman–Crippen LogP) is 2.85. The highest BCUT2D eigenvalue weighted by atomic mass is 32.2. The van der Waals surface area contributed by atoms with Crippen molar-refractivity contribution in [3.63, 3.8) is 0 Å². The molecule has 0 radical (unpaired) electrons. The summed E-state index contributed by atoms with van der Waals surface area (Å²) >= 11 is 0. The van der Waals surface area contributed by atoms with Gasteiger partial charge in [0.2, 0.25) is 10.0 Å². The predicted molar refractivity (Wildman–Crippen MR) is 114 cm³/mol. The molecule has 2 aromatic carbocycles. The summed E-state index contributed by atoms with van der Waals surface area (Å²) < 4.78 is 33.1. The van der Waals surface area contributed by atoms with E-state index in [-0.39, 0.29) is 17.9 Å². The molecular weight excluding hydrogens is 404 g/mol. The minimum absolute atomic E-state index is 0.00883. The number of nitrogens with one attached hydrogen (secondary N) is 2. The van der Waals surface area contributed by atoms with Crippen LogP contribution in [0.5, 0.6) is 5.75 Å². The maximum Gasteiger partial charge on any atom is 0.322 e. The Morgan fingerprint density at radius 3 is 2.63 bits per heavy atom. The maximum absolute atomic E-state index is 12.7. The third kappa shape index (κ3) is 4.82. The van der Waals surface area contributed by atoms with Crippen LogP contribution in [-0.2, 0) is 21.2 Å². The Balaban J connectivity index is 1.78. The Morgan fingerprint density at radius 1 is 1.23 bits per heavy atom. The lowest BCUT2D eigenvalue weighted by molar-refractivity contribution is -0.138. The first-order valence-corrected chi connectivity index (χ1v) is 10.7. The highest BCUT2D eigenvalue weighted by Gasteiger charge is 2.26. The fourth-order valence-electron chi connectivity index (χ4n) is 3.09. The number of aryl methyl sites for hydroxylation is 1. The van der Waals surface area contributed by atoms with E-state index in [9.17, 15) is 18.3 Å². The van der Waals surface area contributed by atoms with Crippen molar-refractivity contribution in [2.45, 2.75) is 31.2 Å². The van der Waals surface area contributed by atoms with Gasteiger partial charge >= 0.3 is 5.97 Å². The van der Waals surface area contributed by atoms with Crippen molar-refractivity contribution in [3.8, 4) is 17.6 Å². The van der Waals surface area contributed by atoms with Gasteiger partial charge in [0.25, 0.3) is 0 Å². The molecule has 0 aliphatic rings. The van der Waals surface area contributed by atoms with E-state index in [1.165, 1.54) is 24.3 Å². The van der Waals surface area contributed by atoms with Crippen molar-refractivity contribution in [2.24, 2.45) is 0 Å². The van der Waals surface area contributed by atoms with Crippen LogP contribution in [0.1, 0.15) is 18.1 Å². The topological polar surface area (TPSA) is 108 Å². The molecule has 0 saturated carbocycles. The number of fused-ring (bicyclic) bond motifs is 1. The molecule has 0 bridgehead atoms. The quantitative estimate of drug-likeness (QED) is 0.480. The molecule has 1 unspecified atom stereocenters. The number of aliphatic carboxylic acids is 1. The molecule has 0 aliphatic carbocycles. The number of sulfonamides is 1. The Bertz CT molecular complexity index is 1220. The highest BCUT2D eigenvalue weighted by Crippen LogP contribution is 2.23. The number of carboxylic acids is 1.